The molecule has 12 heteroatoms. The van der Waals surface area contributed by atoms with Crippen LogP contribution >= 0.6 is 23.2 Å². The van der Waals surface area contributed by atoms with Crippen LogP contribution in [0, 0.1) is 0 Å². The number of β-amino-alcohol motifs (C(OH)–C–C–N with tert-alkyl or cyclic N) is 1. The Morgan fingerprint density at radius 3 is 2.40 bits per heavy atom. The Bertz CT molecular complexity index is 2210. The number of nitrogens with zero attached hydrogens (tertiary/aromatic N) is 4. The van der Waals surface area contributed by atoms with Crippen LogP contribution in [0.2, 0.25) is 10.0 Å². The first-order valence-electron chi connectivity index (χ1n) is 18.6. The second kappa shape index (κ2) is 16.6. The molecule has 5 aromatic rings. The zero-order chi connectivity index (χ0) is 38.6. The number of aliphatic hydroxyl groups excluding tert-OH is 1. The third kappa shape index (κ3) is 8.22. The lowest BCUT2D eigenvalue weighted by molar-refractivity contribution is 0.102. The summed E-state index contributed by atoms with van der Waals surface area (Å²) in [5.74, 6) is 0.317. The van der Waals surface area contributed by atoms with E-state index in [4.69, 9.17) is 28.2 Å². The van der Waals surface area contributed by atoms with Crippen molar-refractivity contribution in [1.29, 1.82) is 0 Å². The second-order valence-corrected chi connectivity index (χ2v) is 15.0. The lowest BCUT2D eigenvalue weighted by atomic mass is 9.95. The number of aromatic nitrogens is 2. The van der Waals surface area contributed by atoms with Crippen LogP contribution in [0.5, 0.6) is 0 Å². The van der Waals surface area contributed by atoms with Gasteiger partial charge in [-0.15, -0.1) is 0 Å². The molecule has 2 atom stereocenters. The first-order valence-corrected chi connectivity index (χ1v) is 19.4. The Labute approximate surface area is 331 Å². The molecule has 2 saturated heterocycles. The molecule has 2 aliphatic heterocycles. The number of anilines is 2. The highest BCUT2D eigenvalue weighted by Gasteiger charge is 2.31. The van der Waals surface area contributed by atoms with Crippen LogP contribution in [0.1, 0.15) is 66.3 Å². The van der Waals surface area contributed by atoms with Gasteiger partial charge in [-0.05, 0) is 92.4 Å². The highest BCUT2D eigenvalue weighted by Crippen LogP contribution is 2.41. The Kier molecular flexibility index (Phi) is 11.5. The number of benzene rings is 3. The highest BCUT2D eigenvalue weighted by atomic mass is 35.5. The van der Waals surface area contributed by atoms with Crippen molar-refractivity contribution in [3.05, 3.63) is 136 Å². The molecular weight excluding hydrogens is 733 g/mol. The fourth-order valence-corrected chi connectivity index (χ4v) is 7.92. The molecule has 0 spiro atoms. The van der Waals surface area contributed by atoms with Gasteiger partial charge in [0, 0.05) is 64.9 Å². The zero-order valence-electron chi connectivity index (χ0n) is 30.9. The molecular formula is C43H45Cl2N7O3. The molecule has 3 aromatic carbocycles. The van der Waals surface area contributed by atoms with Gasteiger partial charge in [-0.25, -0.2) is 9.78 Å². The Balaban J connectivity index is 1.23. The van der Waals surface area contributed by atoms with E-state index in [0.717, 1.165) is 40.6 Å². The summed E-state index contributed by atoms with van der Waals surface area (Å²) in [6.07, 6.45) is 5.10. The average Bonchev–Trinajstić information content (AvgIpc) is 3.81. The molecule has 2 unspecified atom stereocenters. The number of hydrogen-bond donors (Lipinski definition) is 4. The smallest absolute Gasteiger partial charge is 0.317 e. The molecule has 3 amide bonds. The molecule has 0 bridgehead atoms. The minimum Gasteiger partial charge on any atom is -0.391 e. The van der Waals surface area contributed by atoms with Gasteiger partial charge < -0.3 is 35.4 Å². The fraction of sp³-hybridized carbons (Fsp3) is 0.279. The van der Waals surface area contributed by atoms with Crippen LogP contribution in [0.25, 0.3) is 22.2 Å². The number of piperidine rings is 1. The van der Waals surface area contributed by atoms with Gasteiger partial charge in [0.05, 0.1) is 23.5 Å². The number of carbonyl (C=O) groups is 2. The number of rotatable bonds is 10. The van der Waals surface area contributed by atoms with Gasteiger partial charge in [0.2, 0.25) is 0 Å². The fourth-order valence-electron chi connectivity index (χ4n) is 7.63. The molecule has 7 rings (SSSR count). The number of halogens is 2. The number of likely N-dealkylation sites (tertiary alicyclic amines) is 1. The Hall–Kier alpha value is -5.29. The van der Waals surface area contributed by atoms with E-state index in [9.17, 15) is 14.7 Å². The third-order valence-electron chi connectivity index (χ3n) is 10.6. The van der Waals surface area contributed by atoms with E-state index < -0.39 is 6.10 Å². The van der Waals surface area contributed by atoms with Crippen molar-refractivity contribution in [1.82, 2.24) is 25.1 Å². The number of allylic oxidation sites excluding steroid dienone is 1. The predicted molar refractivity (Wildman–Crippen MR) is 222 cm³/mol. The second-order valence-electron chi connectivity index (χ2n) is 14.1. The normalized spacial score (nSPS) is 17.1. The van der Waals surface area contributed by atoms with Gasteiger partial charge in [0.1, 0.15) is 5.69 Å². The van der Waals surface area contributed by atoms with Gasteiger partial charge >= 0.3 is 6.03 Å². The summed E-state index contributed by atoms with van der Waals surface area (Å²) in [6.45, 7) is 10.6. The maximum Gasteiger partial charge on any atom is 0.317 e. The standard InChI is InChI=1S/C43H45Cl2N7O3/c1-4-52(28(3)30-12-14-31(44)15-13-30)40(27(2)29-9-6-5-7-10-29)38-35-17-16-32(45)25-37(35)48-39(38)42(54)49-36-11-8-21-46-41(36)50-22-18-33(19-23-50)47-43(55)51-24-20-34(53)26-51/h4-17,21,25,28,33-34,48,53H,1,18-20,22-24,26H2,2-3H3,(H,47,55)(H,49,54)/b40-27+. The molecule has 0 saturated carbocycles. The quantitative estimate of drug-likeness (QED) is 0.113. The minimum absolute atomic E-state index is 0.00473. The van der Waals surface area contributed by atoms with Crippen LogP contribution in [0.3, 0.4) is 0 Å². The van der Waals surface area contributed by atoms with Crippen LogP contribution in [-0.4, -0.2) is 75.1 Å². The number of H-pyrrole nitrogens is 1. The highest BCUT2D eigenvalue weighted by molar-refractivity contribution is 6.31. The summed E-state index contributed by atoms with van der Waals surface area (Å²) >= 11 is 12.8. The van der Waals surface area contributed by atoms with E-state index in [2.05, 4.69) is 58.0 Å². The molecule has 10 nitrogen and oxygen atoms in total. The van der Waals surface area contributed by atoms with Gasteiger partial charge in [-0.2, -0.15) is 0 Å². The molecule has 0 aliphatic carbocycles. The van der Waals surface area contributed by atoms with Crippen LogP contribution in [0.4, 0.5) is 16.3 Å². The van der Waals surface area contributed by atoms with Crippen molar-refractivity contribution >= 4 is 68.8 Å². The predicted octanol–water partition coefficient (Wildman–Crippen LogP) is 8.96. The van der Waals surface area contributed by atoms with Crippen molar-refractivity contribution in [3.63, 3.8) is 0 Å². The summed E-state index contributed by atoms with van der Waals surface area (Å²) in [7, 11) is 0. The van der Waals surface area contributed by atoms with Crippen LogP contribution in [0.15, 0.2) is 104 Å². The monoisotopic (exact) mass is 777 g/mol. The van der Waals surface area contributed by atoms with Crippen molar-refractivity contribution in [3.8, 4) is 0 Å². The van der Waals surface area contributed by atoms with Crippen molar-refractivity contribution in [2.45, 2.75) is 51.3 Å². The number of urea groups is 1. The van der Waals surface area contributed by atoms with E-state index in [1.165, 1.54) is 0 Å². The number of nitrogens with one attached hydrogen (secondary N) is 3. The lowest BCUT2D eigenvalue weighted by Crippen LogP contribution is -2.49. The lowest BCUT2D eigenvalue weighted by Gasteiger charge is -2.34. The van der Waals surface area contributed by atoms with Crippen molar-refractivity contribution < 1.29 is 14.7 Å². The SMILES string of the molecule is C=CN(/C(=C(\C)c1ccccc1)c1c(C(=O)Nc2cccnc2N2CCC(NC(=O)N3CCC(O)C3)CC2)[nH]c2cc(Cl)ccc12)C(C)c1ccc(Cl)cc1. The molecule has 2 fully saturated rings. The number of fused-ring (bicyclic) bond motifs is 1. The summed E-state index contributed by atoms with van der Waals surface area (Å²) in [5.41, 5.74) is 6.13. The maximum absolute atomic E-state index is 14.7. The number of carbonyl (C=O) groups excluding carboxylic acids is 2. The summed E-state index contributed by atoms with van der Waals surface area (Å²) < 4.78 is 0. The largest absolute Gasteiger partial charge is 0.391 e. The van der Waals surface area contributed by atoms with Crippen LogP contribution in [-0.2, 0) is 0 Å². The van der Waals surface area contributed by atoms with Crippen molar-refractivity contribution in [2.24, 2.45) is 0 Å². The molecule has 2 aromatic heterocycles. The molecule has 0 radical (unpaired) electrons. The maximum atomic E-state index is 14.7. The third-order valence-corrected chi connectivity index (χ3v) is 11.1. The molecule has 55 heavy (non-hydrogen) atoms. The van der Waals surface area contributed by atoms with Crippen molar-refractivity contribution in [2.75, 3.05) is 36.4 Å². The Morgan fingerprint density at radius 2 is 1.71 bits per heavy atom. The Morgan fingerprint density at radius 1 is 0.982 bits per heavy atom. The van der Waals surface area contributed by atoms with Gasteiger partial charge in [-0.1, -0.05) is 78.3 Å². The number of aliphatic hydroxyl groups is 1. The topological polar surface area (TPSA) is 117 Å². The van der Waals surface area contributed by atoms with E-state index in [1.54, 1.807) is 23.4 Å². The first-order chi connectivity index (χ1) is 26.6. The van der Waals surface area contributed by atoms with E-state index >= 15 is 0 Å². The average molecular weight is 779 g/mol. The van der Waals surface area contributed by atoms with E-state index in [-0.39, 0.29) is 24.0 Å². The van der Waals surface area contributed by atoms with Crippen LogP contribution < -0.4 is 15.5 Å². The summed E-state index contributed by atoms with van der Waals surface area (Å²) in [4.78, 5) is 41.6. The van der Waals surface area contributed by atoms with E-state index in [0.29, 0.717) is 70.9 Å². The molecule has 2 aliphatic rings. The zero-order valence-corrected chi connectivity index (χ0v) is 32.4. The number of pyridine rings is 1. The van der Waals surface area contributed by atoms with Gasteiger partial charge in [0.25, 0.3) is 5.91 Å². The first kappa shape index (κ1) is 38.0. The van der Waals surface area contributed by atoms with Gasteiger partial charge in [-0.3, -0.25) is 4.79 Å². The molecule has 4 heterocycles. The van der Waals surface area contributed by atoms with Gasteiger partial charge in [0.15, 0.2) is 5.82 Å². The number of hydrogen-bond acceptors (Lipinski definition) is 6. The number of aromatic amines is 1. The molecule has 4 N–H and O–H groups in total. The number of amides is 3. The summed E-state index contributed by atoms with van der Waals surface area (Å²) in [6, 6.07) is 26.8. The summed E-state index contributed by atoms with van der Waals surface area (Å²) in [5, 5.41) is 18.2. The minimum atomic E-state index is -0.460. The molecule has 284 valence electrons. The van der Waals surface area contributed by atoms with E-state index in [1.807, 2.05) is 66.7 Å².